The third-order valence-corrected chi connectivity index (χ3v) is 3.17. The van der Waals surface area contributed by atoms with Gasteiger partial charge in [0.25, 0.3) is 5.91 Å². The Kier molecular flexibility index (Phi) is 2.89. The SMILES string of the molecule is CCC1=C(c2ccccc2)OS(=O)(=O)NC1=O. The van der Waals surface area contributed by atoms with Gasteiger partial charge in [-0.1, -0.05) is 37.3 Å². The van der Waals surface area contributed by atoms with E-state index in [4.69, 9.17) is 4.18 Å². The zero-order chi connectivity index (χ0) is 12.5. The monoisotopic (exact) mass is 253 g/mol. The maximum Gasteiger partial charge on any atom is 0.410 e. The molecule has 0 atom stereocenters. The van der Waals surface area contributed by atoms with Gasteiger partial charge in [-0.25, -0.2) is 4.72 Å². The predicted molar refractivity (Wildman–Crippen MR) is 61.8 cm³/mol. The van der Waals surface area contributed by atoms with E-state index >= 15 is 0 Å². The normalized spacial score (nSPS) is 18.5. The Morgan fingerprint density at radius 2 is 1.88 bits per heavy atom. The van der Waals surface area contributed by atoms with Crippen molar-refractivity contribution in [2.24, 2.45) is 0 Å². The Labute approximate surface area is 99.4 Å². The Balaban J connectivity index is 2.58. The number of hydrogen-bond acceptors (Lipinski definition) is 4. The van der Waals surface area contributed by atoms with E-state index in [1.54, 1.807) is 37.3 Å². The molecule has 1 aromatic carbocycles. The molecule has 0 aromatic heterocycles. The lowest BCUT2D eigenvalue weighted by atomic mass is 10.1. The van der Waals surface area contributed by atoms with Crippen LogP contribution in [0.1, 0.15) is 18.9 Å². The predicted octanol–water partition coefficient (Wildman–Crippen LogP) is 1.20. The molecule has 0 radical (unpaired) electrons. The van der Waals surface area contributed by atoms with E-state index in [0.29, 0.717) is 17.6 Å². The molecular weight excluding hydrogens is 242 g/mol. The van der Waals surface area contributed by atoms with Gasteiger partial charge in [0.05, 0.1) is 5.57 Å². The van der Waals surface area contributed by atoms with Gasteiger partial charge in [0.15, 0.2) is 5.76 Å². The van der Waals surface area contributed by atoms with Crippen molar-refractivity contribution in [2.45, 2.75) is 13.3 Å². The van der Waals surface area contributed by atoms with Gasteiger partial charge in [-0.05, 0) is 6.42 Å². The molecule has 0 saturated carbocycles. The highest BCUT2D eigenvalue weighted by Gasteiger charge is 2.30. The van der Waals surface area contributed by atoms with Crippen molar-refractivity contribution in [2.75, 3.05) is 0 Å². The van der Waals surface area contributed by atoms with Crippen LogP contribution in [0.25, 0.3) is 5.76 Å². The van der Waals surface area contributed by atoms with E-state index in [1.165, 1.54) is 0 Å². The smallest absolute Gasteiger partial charge is 0.366 e. The van der Waals surface area contributed by atoms with E-state index in [-0.39, 0.29) is 5.76 Å². The van der Waals surface area contributed by atoms with Crippen LogP contribution in [-0.4, -0.2) is 14.3 Å². The summed E-state index contributed by atoms with van der Waals surface area (Å²) in [6, 6.07) is 8.68. The van der Waals surface area contributed by atoms with Crippen molar-refractivity contribution < 1.29 is 17.4 Å². The van der Waals surface area contributed by atoms with Gasteiger partial charge in [0, 0.05) is 5.56 Å². The van der Waals surface area contributed by atoms with Crippen molar-refractivity contribution in [1.29, 1.82) is 0 Å². The molecule has 1 aliphatic rings. The number of amides is 1. The van der Waals surface area contributed by atoms with Gasteiger partial charge < -0.3 is 4.18 Å². The van der Waals surface area contributed by atoms with Gasteiger partial charge in [0.1, 0.15) is 0 Å². The first kappa shape index (κ1) is 11.7. The minimum Gasteiger partial charge on any atom is -0.366 e. The first-order chi connectivity index (χ1) is 8.03. The maximum atomic E-state index is 11.6. The second-order valence-corrected chi connectivity index (χ2v) is 4.77. The van der Waals surface area contributed by atoms with Crippen LogP contribution >= 0.6 is 0 Å². The molecule has 5 nitrogen and oxygen atoms in total. The Morgan fingerprint density at radius 1 is 1.24 bits per heavy atom. The third kappa shape index (κ3) is 2.31. The average molecular weight is 253 g/mol. The first-order valence-electron chi connectivity index (χ1n) is 5.08. The number of nitrogens with one attached hydrogen (secondary N) is 1. The van der Waals surface area contributed by atoms with E-state index in [1.807, 2.05) is 4.72 Å². The standard InChI is InChI=1S/C11H11NO4S/c1-2-9-10(8-6-4-3-5-7-8)16-17(14,15)12-11(9)13/h3-7H,2H2,1H3,(H,12,13). The summed E-state index contributed by atoms with van der Waals surface area (Å²) in [6.07, 6.45) is 0.394. The molecule has 1 N–H and O–H groups in total. The molecule has 2 rings (SSSR count). The van der Waals surface area contributed by atoms with Crippen LogP contribution in [0.2, 0.25) is 0 Å². The Bertz CT molecular complexity index is 575. The Morgan fingerprint density at radius 3 is 2.47 bits per heavy atom. The molecule has 17 heavy (non-hydrogen) atoms. The molecule has 0 aliphatic carbocycles. The van der Waals surface area contributed by atoms with Crippen molar-refractivity contribution in [3.63, 3.8) is 0 Å². The largest absolute Gasteiger partial charge is 0.410 e. The van der Waals surface area contributed by atoms with E-state index in [9.17, 15) is 13.2 Å². The zero-order valence-corrected chi connectivity index (χ0v) is 9.95. The van der Waals surface area contributed by atoms with Crippen LogP contribution in [-0.2, 0) is 19.3 Å². The van der Waals surface area contributed by atoms with E-state index in [0.717, 1.165) is 0 Å². The number of carbonyl (C=O) groups is 1. The molecular formula is C11H11NO4S. The first-order valence-corrected chi connectivity index (χ1v) is 6.49. The van der Waals surface area contributed by atoms with Crippen LogP contribution in [0.5, 0.6) is 0 Å². The fourth-order valence-electron chi connectivity index (χ4n) is 1.59. The number of hydrogen-bond donors (Lipinski definition) is 1. The summed E-state index contributed by atoms with van der Waals surface area (Å²) in [6.45, 7) is 1.76. The fraction of sp³-hybridized carbons (Fsp3) is 0.182. The highest BCUT2D eigenvalue weighted by molar-refractivity contribution is 7.85. The third-order valence-electron chi connectivity index (χ3n) is 2.35. The maximum absolute atomic E-state index is 11.6. The quantitative estimate of drug-likeness (QED) is 0.859. The second-order valence-electron chi connectivity index (χ2n) is 3.50. The molecule has 1 aromatic rings. The summed E-state index contributed by atoms with van der Waals surface area (Å²) < 4.78 is 29.3. The summed E-state index contributed by atoms with van der Waals surface area (Å²) in [5, 5.41) is 0. The molecule has 0 unspecified atom stereocenters. The fourth-order valence-corrected chi connectivity index (χ4v) is 2.40. The van der Waals surface area contributed by atoms with Crippen molar-refractivity contribution in [1.82, 2.24) is 4.72 Å². The van der Waals surface area contributed by atoms with Crippen molar-refractivity contribution in [3.8, 4) is 0 Å². The van der Waals surface area contributed by atoms with Gasteiger partial charge in [0.2, 0.25) is 0 Å². The van der Waals surface area contributed by atoms with Crippen LogP contribution in [0, 0.1) is 0 Å². The molecule has 0 bridgehead atoms. The van der Waals surface area contributed by atoms with Gasteiger partial charge in [-0.3, -0.25) is 4.79 Å². The van der Waals surface area contributed by atoms with Crippen LogP contribution < -0.4 is 4.72 Å². The topological polar surface area (TPSA) is 72.5 Å². The zero-order valence-electron chi connectivity index (χ0n) is 9.14. The molecule has 1 aliphatic heterocycles. The summed E-state index contributed by atoms with van der Waals surface area (Å²) in [5.41, 5.74) is 0.897. The Hall–Kier alpha value is -1.82. The van der Waals surface area contributed by atoms with E-state index < -0.39 is 16.2 Å². The average Bonchev–Trinajstić information content (AvgIpc) is 2.28. The minimum atomic E-state index is -4.03. The van der Waals surface area contributed by atoms with Crippen LogP contribution in [0.4, 0.5) is 0 Å². The molecule has 1 amide bonds. The summed E-state index contributed by atoms with van der Waals surface area (Å²) in [5.74, 6) is -0.519. The lowest BCUT2D eigenvalue weighted by Crippen LogP contribution is -2.37. The number of benzene rings is 1. The molecule has 1 heterocycles. The molecule has 90 valence electrons. The number of carbonyl (C=O) groups excluding carboxylic acids is 1. The van der Waals surface area contributed by atoms with Gasteiger partial charge >= 0.3 is 10.3 Å². The second kappa shape index (κ2) is 4.21. The van der Waals surface area contributed by atoms with Crippen molar-refractivity contribution >= 4 is 22.0 Å². The summed E-state index contributed by atoms with van der Waals surface area (Å²) >= 11 is 0. The minimum absolute atomic E-state index is 0.108. The van der Waals surface area contributed by atoms with Crippen LogP contribution in [0.15, 0.2) is 35.9 Å². The lowest BCUT2D eigenvalue weighted by Gasteiger charge is -2.20. The van der Waals surface area contributed by atoms with Gasteiger partial charge in [-0.2, -0.15) is 8.42 Å². The molecule has 0 spiro atoms. The van der Waals surface area contributed by atoms with Crippen molar-refractivity contribution in [3.05, 3.63) is 41.5 Å². The lowest BCUT2D eigenvalue weighted by molar-refractivity contribution is -0.116. The highest BCUT2D eigenvalue weighted by Crippen LogP contribution is 2.27. The van der Waals surface area contributed by atoms with Crippen LogP contribution in [0.3, 0.4) is 0 Å². The number of rotatable bonds is 2. The molecule has 6 heteroatoms. The molecule has 0 fully saturated rings. The highest BCUT2D eigenvalue weighted by atomic mass is 32.2. The van der Waals surface area contributed by atoms with Gasteiger partial charge in [-0.15, -0.1) is 0 Å². The summed E-state index contributed by atoms with van der Waals surface area (Å²) in [7, 11) is -4.03. The summed E-state index contributed by atoms with van der Waals surface area (Å²) in [4.78, 5) is 11.6. The molecule has 0 saturated heterocycles. The van der Waals surface area contributed by atoms with E-state index in [2.05, 4.69) is 0 Å².